The molecule has 9 nitrogen and oxygen atoms in total. The minimum absolute atomic E-state index is 0.157. The van der Waals surface area contributed by atoms with E-state index in [1.165, 1.54) is 5.56 Å². The first-order valence-electron chi connectivity index (χ1n) is 11.3. The largest absolute Gasteiger partial charge is 0.385 e. The molecule has 0 saturated heterocycles. The highest BCUT2D eigenvalue weighted by molar-refractivity contribution is 5.94. The molecule has 1 aromatic carbocycles. The molecule has 4 heterocycles. The summed E-state index contributed by atoms with van der Waals surface area (Å²) in [4.78, 5) is 34.9. The van der Waals surface area contributed by atoms with Crippen LogP contribution in [0.1, 0.15) is 39.3 Å². The highest BCUT2D eigenvalue weighted by Crippen LogP contribution is 2.39. The standard InChI is InChI=1S/C25H23N7O2/c1-26-20-11-23(30-32-22(13-28-24(20)32)25(34)29-16-6-7-16)31-10-9-18-17(3-2-4-21(18)31)19-8-5-15(14-33)12-27-19/h2-5,8,11-14,16,26H,6-7,9-10H2,1H3,(H,29,34). The molecule has 2 aliphatic rings. The van der Waals surface area contributed by atoms with E-state index in [4.69, 9.17) is 5.10 Å². The first-order valence-corrected chi connectivity index (χ1v) is 11.3. The molecule has 2 N–H and O–H groups in total. The van der Waals surface area contributed by atoms with Gasteiger partial charge in [0.1, 0.15) is 0 Å². The van der Waals surface area contributed by atoms with Gasteiger partial charge in [-0.1, -0.05) is 12.1 Å². The highest BCUT2D eigenvalue weighted by atomic mass is 16.2. The predicted octanol–water partition coefficient (Wildman–Crippen LogP) is 3.23. The van der Waals surface area contributed by atoms with Crippen molar-refractivity contribution in [3.8, 4) is 11.3 Å². The van der Waals surface area contributed by atoms with Crippen LogP contribution in [0.25, 0.3) is 16.9 Å². The summed E-state index contributed by atoms with van der Waals surface area (Å²) in [5.74, 6) is 0.575. The number of rotatable bonds is 6. The molecule has 0 spiro atoms. The lowest BCUT2D eigenvalue weighted by molar-refractivity contribution is 0.0943. The molecule has 0 radical (unpaired) electrons. The zero-order chi connectivity index (χ0) is 23.2. The lowest BCUT2D eigenvalue weighted by atomic mass is 10.0. The van der Waals surface area contributed by atoms with Gasteiger partial charge >= 0.3 is 0 Å². The Morgan fingerprint density at radius 3 is 2.76 bits per heavy atom. The van der Waals surface area contributed by atoms with Crippen molar-refractivity contribution in [2.24, 2.45) is 0 Å². The third kappa shape index (κ3) is 3.37. The second-order valence-electron chi connectivity index (χ2n) is 8.59. The van der Waals surface area contributed by atoms with Crippen LogP contribution in [0.2, 0.25) is 0 Å². The quantitative estimate of drug-likeness (QED) is 0.432. The lowest BCUT2D eigenvalue weighted by Gasteiger charge is -2.20. The summed E-state index contributed by atoms with van der Waals surface area (Å²) >= 11 is 0. The van der Waals surface area contributed by atoms with Crippen molar-refractivity contribution >= 4 is 35.0 Å². The molecule has 170 valence electrons. The number of hydrogen-bond acceptors (Lipinski definition) is 7. The van der Waals surface area contributed by atoms with Gasteiger partial charge in [0.2, 0.25) is 0 Å². The molecular formula is C25H23N7O2. The van der Waals surface area contributed by atoms with Gasteiger partial charge in [0, 0.05) is 48.7 Å². The van der Waals surface area contributed by atoms with Crippen LogP contribution in [0.5, 0.6) is 0 Å². The van der Waals surface area contributed by atoms with Crippen LogP contribution < -0.4 is 15.5 Å². The van der Waals surface area contributed by atoms with E-state index in [2.05, 4.69) is 37.6 Å². The zero-order valence-electron chi connectivity index (χ0n) is 18.7. The Bertz CT molecular complexity index is 1420. The Morgan fingerprint density at radius 1 is 1.15 bits per heavy atom. The molecule has 0 unspecified atom stereocenters. The van der Waals surface area contributed by atoms with Crippen LogP contribution in [0.3, 0.4) is 0 Å². The number of benzene rings is 1. The Morgan fingerprint density at radius 2 is 2.03 bits per heavy atom. The fraction of sp³-hybridized carbons (Fsp3) is 0.240. The lowest BCUT2D eigenvalue weighted by Crippen LogP contribution is -2.27. The molecule has 0 atom stereocenters. The van der Waals surface area contributed by atoms with Gasteiger partial charge in [-0.2, -0.15) is 0 Å². The summed E-state index contributed by atoms with van der Waals surface area (Å²) < 4.78 is 1.63. The Labute approximate surface area is 195 Å². The number of aldehydes is 1. The van der Waals surface area contributed by atoms with Crippen molar-refractivity contribution in [3.63, 3.8) is 0 Å². The van der Waals surface area contributed by atoms with Crippen molar-refractivity contribution in [3.05, 3.63) is 65.6 Å². The van der Waals surface area contributed by atoms with Crippen molar-refractivity contribution in [1.29, 1.82) is 0 Å². The van der Waals surface area contributed by atoms with Gasteiger partial charge < -0.3 is 15.5 Å². The molecule has 1 saturated carbocycles. The molecule has 6 rings (SSSR count). The summed E-state index contributed by atoms with van der Waals surface area (Å²) in [5.41, 5.74) is 6.49. The maximum Gasteiger partial charge on any atom is 0.271 e. The number of nitrogens with zero attached hydrogens (tertiary/aromatic N) is 5. The van der Waals surface area contributed by atoms with Gasteiger partial charge in [0.25, 0.3) is 5.91 Å². The number of hydrogen-bond donors (Lipinski definition) is 2. The number of carbonyl (C=O) groups excluding carboxylic acids is 2. The Kier molecular flexibility index (Phi) is 4.75. The van der Waals surface area contributed by atoms with Crippen LogP contribution in [-0.4, -0.2) is 51.4 Å². The first kappa shape index (κ1) is 20.3. The van der Waals surface area contributed by atoms with Crippen molar-refractivity contribution < 1.29 is 9.59 Å². The van der Waals surface area contributed by atoms with E-state index in [1.807, 2.05) is 25.2 Å². The molecule has 1 fully saturated rings. The van der Waals surface area contributed by atoms with Crippen molar-refractivity contribution in [1.82, 2.24) is 24.9 Å². The summed E-state index contributed by atoms with van der Waals surface area (Å²) in [6, 6.07) is 12.0. The van der Waals surface area contributed by atoms with E-state index < -0.39 is 0 Å². The molecule has 1 aliphatic carbocycles. The summed E-state index contributed by atoms with van der Waals surface area (Å²) in [6.07, 6.45) is 6.83. The second kappa shape index (κ2) is 7.95. The maximum atomic E-state index is 12.8. The molecular weight excluding hydrogens is 430 g/mol. The first-order chi connectivity index (χ1) is 16.7. The summed E-state index contributed by atoms with van der Waals surface area (Å²) in [6.45, 7) is 0.749. The monoisotopic (exact) mass is 453 g/mol. The van der Waals surface area contributed by atoms with Gasteiger partial charge in [0.15, 0.2) is 23.4 Å². The SMILES string of the molecule is CNc1cc(N2CCc3c(-c4ccc(C=O)cn4)cccc32)nn2c(C(=O)NC3CC3)cnc12. The third-order valence-corrected chi connectivity index (χ3v) is 6.37. The molecule has 34 heavy (non-hydrogen) atoms. The average Bonchev–Trinajstić information content (AvgIpc) is 3.40. The van der Waals surface area contributed by atoms with Crippen molar-refractivity contribution in [2.75, 3.05) is 23.8 Å². The van der Waals surface area contributed by atoms with Crippen LogP contribution >= 0.6 is 0 Å². The van der Waals surface area contributed by atoms with Crippen LogP contribution in [0.15, 0.2) is 48.8 Å². The normalized spacial score (nSPS) is 14.8. The van der Waals surface area contributed by atoms with E-state index in [0.29, 0.717) is 16.9 Å². The summed E-state index contributed by atoms with van der Waals surface area (Å²) in [5, 5.41) is 11.0. The van der Waals surface area contributed by atoms with E-state index in [-0.39, 0.29) is 11.9 Å². The van der Waals surface area contributed by atoms with Gasteiger partial charge in [-0.05, 0) is 43.0 Å². The van der Waals surface area contributed by atoms with Crippen LogP contribution in [0.4, 0.5) is 17.2 Å². The molecule has 0 bridgehead atoms. The minimum Gasteiger partial charge on any atom is -0.385 e. The smallest absolute Gasteiger partial charge is 0.271 e. The number of imidazole rings is 1. The number of anilines is 3. The van der Waals surface area contributed by atoms with Gasteiger partial charge in [-0.3, -0.25) is 14.6 Å². The second-order valence-corrected chi connectivity index (χ2v) is 8.59. The number of nitrogens with one attached hydrogen (secondary N) is 2. The Hall–Kier alpha value is -4.27. The van der Waals surface area contributed by atoms with Crippen LogP contribution in [0, 0.1) is 0 Å². The molecule has 3 aromatic heterocycles. The highest BCUT2D eigenvalue weighted by Gasteiger charge is 2.28. The van der Waals surface area contributed by atoms with E-state index in [9.17, 15) is 9.59 Å². The summed E-state index contributed by atoms with van der Waals surface area (Å²) in [7, 11) is 1.84. The van der Waals surface area contributed by atoms with E-state index >= 15 is 0 Å². The van der Waals surface area contributed by atoms with Gasteiger partial charge in [-0.15, -0.1) is 5.10 Å². The number of carbonyl (C=O) groups is 2. The maximum absolute atomic E-state index is 12.8. The van der Waals surface area contributed by atoms with Crippen molar-refractivity contribution in [2.45, 2.75) is 25.3 Å². The third-order valence-electron chi connectivity index (χ3n) is 6.37. The molecule has 4 aromatic rings. The predicted molar refractivity (Wildman–Crippen MR) is 129 cm³/mol. The fourth-order valence-corrected chi connectivity index (χ4v) is 4.46. The molecule has 1 aliphatic heterocycles. The minimum atomic E-state index is -0.157. The fourth-order valence-electron chi connectivity index (χ4n) is 4.46. The zero-order valence-corrected chi connectivity index (χ0v) is 18.7. The number of aromatic nitrogens is 4. The average molecular weight is 454 g/mol. The number of fused-ring (bicyclic) bond motifs is 2. The molecule has 1 amide bonds. The topological polar surface area (TPSA) is 105 Å². The van der Waals surface area contributed by atoms with Gasteiger partial charge in [-0.25, -0.2) is 9.50 Å². The number of amides is 1. The van der Waals surface area contributed by atoms with Gasteiger partial charge in [0.05, 0.1) is 17.6 Å². The Balaban J connectivity index is 1.41. The number of pyridine rings is 1. The van der Waals surface area contributed by atoms with E-state index in [0.717, 1.165) is 60.5 Å². The van der Waals surface area contributed by atoms with Crippen LogP contribution in [-0.2, 0) is 6.42 Å². The molecule has 9 heteroatoms. The van der Waals surface area contributed by atoms with E-state index in [1.54, 1.807) is 23.0 Å².